The van der Waals surface area contributed by atoms with Crippen LogP contribution in [-0.4, -0.2) is 44.6 Å². The first-order chi connectivity index (χ1) is 10.4. The van der Waals surface area contributed by atoms with Gasteiger partial charge in [0.15, 0.2) is 0 Å². The van der Waals surface area contributed by atoms with Crippen molar-refractivity contribution in [2.24, 2.45) is 0 Å². The molecule has 0 spiro atoms. The maximum atomic E-state index is 5.71. The Bertz CT molecular complexity index is 378. The maximum absolute atomic E-state index is 5.71. The lowest BCUT2D eigenvalue weighted by Gasteiger charge is -2.10. The van der Waals surface area contributed by atoms with E-state index >= 15 is 0 Å². The molecule has 2 heterocycles. The lowest BCUT2D eigenvalue weighted by molar-refractivity contribution is 0.0981. The van der Waals surface area contributed by atoms with Crippen molar-refractivity contribution in [3.05, 3.63) is 24.0 Å². The lowest BCUT2D eigenvalue weighted by atomic mass is 10.1. The molecule has 2 rings (SSSR count). The van der Waals surface area contributed by atoms with E-state index in [2.05, 4.69) is 10.3 Å². The fraction of sp³-hybridized carbons (Fsp3) is 0.688. The summed E-state index contributed by atoms with van der Waals surface area (Å²) in [4.78, 5) is 4.38. The smallest absolute Gasteiger partial charge is 0.137 e. The number of hydrogen-bond acceptors (Lipinski definition) is 5. The van der Waals surface area contributed by atoms with Crippen LogP contribution in [0.1, 0.15) is 31.4 Å². The zero-order chi connectivity index (χ0) is 14.8. The SMILES string of the molecule is COCCNCc1ccc(OCCCC2CCCO2)cn1. The summed E-state index contributed by atoms with van der Waals surface area (Å²) < 4.78 is 16.3. The predicted octanol–water partition coefficient (Wildman–Crippen LogP) is 2.16. The Labute approximate surface area is 127 Å². The van der Waals surface area contributed by atoms with Crippen molar-refractivity contribution >= 4 is 0 Å². The van der Waals surface area contributed by atoms with Gasteiger partial charge < -0.3 is 19.5 Å². The van der Waals surface area contributed by atoms with Gasteiger partial charge in [0.1, 0.15) is 5.75 Å². The third-order valence-corrected chi connectivity index (χ3v) is 3.55. The van der Waals surface area contributed by atoms with Crippen LogP contribution in [0.5, 0.6) is 5.75 Å². The molecule has 21 heavy (non-hydrogen) atoms. The van der Waals surface area contributed by atoms with Crippen LogP contribution in [-0.2, 0) is 16.0 Å². The van der Waals surface area contributed by atoms with E-state index in [1.165, 1.54) is 12.8 Å². The van der Waals surface area contributed by atoms with Gasteiger partial charge in [0, 0.05) is 26.8 Å². The van der Waals surface area contributed by atoms with Gasteiger partial charge in [-0.3, -0.25) is 4.98 Å². The van der Waals surface area contributed by atoms with Gasteiger partial charge in [0.05, 0.1) is 31.2 Å². The standard InChI is InChI=1S/C16H26N2O3/c1-19-11-8-17-12-14-6-7-16(13-18-14)21-10-3-5-15-4-2-9-20-15/h6-7,13,15,17H,2-5,8-12H2,1H3. The van der Waals surface area contributed by atoms with Gasteiger partial charge in [-0.25, -0.2) is 0 Å². The first-order valence-electron chi connectivity index (χ1n) is 7.77. The average molecular weight is 294 g/mol. The van der Waals surface area contributed by atoms with E-state index in [4.69, 9.17) is 14.2 Å². The summed E-state index contributed by atoms with van der Waals surface area (Å²) in [5.74, 6) is 0.836. The van der Waals surface area contributed by atoms with E-state index in [0.717, 1.165) is 50.6 Å². The number of pyridine rings is 1. The Balaban J connectivity index is 1.58. The zero-order valence-electron chi connectivity index (χ0n) is 12.8. The number of aromatic nitrogens is 1. The maximum Gasteiger partial charge on any atom is 0.137 e. The van der Waals surface area contributed by atoms with Gasteiger partial charge in [-0.1, -0.05) is 0 Å². The molecule has 5 nitrogen and oxygen atoms in total. The minimum absolute atomic E-state index is 0.451. The summed E-state index contributed by atoms with van der Waals surface area (Å²) in [5, 5.41) is 3.26. The molecule has 1 fully saturated rings. The number of ether oxygens (including phenoxy) is 3. The molecule has 0 aliphatic carbocycles. The molecule has 1 unspecified atom stereocenters. The molecule has 0 aromatic carbocycles. The molecule has 1 atom stereocenters. The molecule has 5 heteroatoms. The first kappa shape index (κ1) is 16.2. The Kier molecular flexibility index (Phi) is 7.49. The highest BCUT2D eigenvalue weighted by atomic mass is 16.5. The molecule has 0 amide bonds. The second kappa shape index (κ2) is 9.71. The van der Waals surface area contributed by atoms with Crippen LogP contribution < -0.4 is 10.1 Å². The third kappa shape index (κ3) is 6.42. The quantitative estimate of drug-likeness (QED) is 0.670. The Morgan fingerprint density at radius 1 is 1.38 bits per heavy atom. The second-order valence-electron chi connectivity index (χ2n) is 5.28. The van der Waals surface area contributed by atoms with Gasteiger partial charge in [-0.2, -0.15) is 0 Å². The van der Waals surface area contributed by atoms with Crippen LogP contribution in [0.3, 0.4) is 0 Å². The fourth-order valence-corrected chi connectivity index (χ4v) is 2.36. The summed E-state index contributed by atoms with van der Waals surface area (Å²) in [7, 11) is 1.70. The molecule has 1 aromatic rings. The molecule has 1 N–H and O–H groups in total. The van der Waals surface area contributed by atoms with Crippen LogP contribution in [0.15, 0.2) is 18.3 Å². The molecule has 1 aliphatic heterocycles. The lowest BCUT2D eigenvalue weighted by Crippen LogP contribution is -2.19. The van der Waals surface area contributed by atoms with E-state index in [1.54, 1.807) is 13.3 Å². The van der Waals surface area contributed by atoms with E-state index in [-0.39, 0.29) is 0 Å². The van der Waals surface area contributed by atoms with Crippen molar-refractivity contribution in [1.29, 1.82) is 0 Å². The van der Waals surface area contributed by atoms with E-state index < -0.39 is 0 Å². The largest absolute Gasteiger partial charge is 0.492 e. The summed E-state index contributed by atoms with van der Waals surface area (Å²) in [5.41, 5.74) is 1.01. The molecule has 0 radical (unpaired) electrons. The Hall–Kier alpha value is -1.17. The van der Waals surface area contributed by atoms with E-state index in [1.807, 2.05) is 12.1 Å². The van der Waals surface area contributed by atoms with Gasteiger partial charge in [-0.05, 0) is 37.8 Å². The number of nitrogens with zero attached hydrogens (tertiary/aromatic N) is 1. The average Bonchev–Trinajstić information content (AvgIpc) is 3.03. The summed E-state index contributed by atoms with van der Waals surface area (Å²) in [6, 6.07) is 3.97. The predicted molar refractivity (Wildman–Crippen MR) is 81.5 cm³/mol. The van der Waals surface area contributed by atoms with Crippen LogP contribution in [0.25, 0.3) is 0 Å². The third-order valence-electron chi connectivity index (χ3n) is 3.55. The second-order valence-corrected chi connectivity index (χ2v) is 5.28. The van der Waals surface area contributed by atoms with Crippen molar-refractivity contribution in [1.82, 2.24) is 10.3 Å². The molecule has 1 saturated heterocycles. The van der Waals surface area contributed by atoms with Crippen molar-refractivity contribution in [3.8, 4) is 5.75 Å². The van der Waals surface area contributed by atoms with Gasteiger partial charge in [-0.15, -0.1) is 0 Å². The highest BCUT2D eigenvalue weighted by Gasteiger charge is 2.14. The van der Waals surface area contributed by atoms with E-state index in [9.17, 15) is 0 Å². The van der Waals surface area contributed by atoms with Crippen LogP contribution >= 0.6 is 0 Å². The minimum atomic E-state index is 0.451. The van der Waals surface area contributed by atoms with Gasteiger partial charge >= 0.3 is 0 Å². The number of hydrogen-bond donors (Lipinski definition) is 1. The molecule has 118 valence electrons. The molecule has 1 aromatic heterocycles. The van der Waals surface area contributed by atoms with Crippen LogP contribution in [0.4, 0.5) is 0 Å². The van der Waals surface area contributed by atoms with Gasteiger partial charge in [0.25, 0.3) is 0 Å². The topological polar surface area (TPSA) is 52.6 Å². The van der Waals surface area contributed by atoms with Crippen molar-refractivity contribution in [2.75, 3.05) is 33.5 Å². The Morgan fingerprint density at radius 3 is 3.05 bits per heavy atom. The van der Waals surface area contributed by atoms with Crippen molar-refractivity contribution in [2.45, 2.75) is 38.3 Å². The van der Waals surface area contributed by atoms with Crippen molar-refractivity contribution in [3.63, 3.8) is 0 Å². The highest BCUT2D eigenvalue weighted by molar-refractivity contribution is 5.19. The molecular weight excluding hydrogens is 268 g/mol. The highest BCUT2D eigenvalue weighted by Crippen LogP contribution is 2.17. The first-order valence-corrected chi connectivity index (χ1v) is 7.77. The number of methoxy groups -OCH3 is 1. The van der Waals surface area contributed by atoms with Crippen molar-refractivity contribution < 1.29 is 14.2 Å². The number of rotatable bonds is 10. The normalized spacial score (nSPS) is 18.0. The molecular formula is C16H26N2O3. The van der Waals surface area contributed by atoms with Crippen LogP contribution in [0.2, 0.25) is 0 Å². The minimum Gasteiger partial charge on any atom is -0.492 e. The number of nitrogens with one attached hydrogen (secondary N) is 1. The molecule has 1 aliphatic rings. The Morgan fingerprint density at radius 2 is 2.33 bits per heavy atom. The molecule has 0 saturated carbocycles. The molecule has 0 bridgehead atoms. The summed E-state index contributed by atoms with van der Waals surface area (Å²) in [6.45, 7) is 3.95. The summed E-state index contributed by atoms with van der Waals surface area (Å²) in [6.07, 6.45) is 6.77. The monoisotopic (exact) mass is 294 g/mol. The van der Waals surface area contributed by atoms with Gasteiger partial charge in [0.2, 0.25) is 0 Å². The summed E-state index contributed by atoms with van der Waals surface area (Å²) >= 11 is 0. The fourth-order valence-electron chi connectivity index (χ4n) is 2.36. The van der Waals surface area contributed by atoms with Crippen LogP contribution in [0, 0.1) is 0 Å². The van der Waals surface area contributed by atoms with E-state index in [0.29, 0.717) is 12.7 Å². The zero-order valence-corrected chi connectivity index (χ0v) is 12.8.